The molecule has 0 bridgehead atoms. The zero-order valence-corrected chi connectivity index (χ0v) is 19.6. The van der Waals surface area contributed by atoms with E-state index < -0.39 is 10.2 Å². The van der Waals surface area contributed by atoms with E-state index in [1.165, 1.54) is 4.31 Å². The average molecular weight is 454 g/mol. The number of carbonyl (C=O) groups is 1. The van der Waals surface area contributed by atoms with E-state index >= 15 is 0 Å². The van der Waals surface area contributed by atoms with Gasteiger partial charge in [-0.2, -0.15) is 17.0 Å². The van der Waals surface area contributed by atoms with E-state index in [4.69, 9.17) is 9.47 Å². The van der Waals surface area contributed by atoms with Gasteiger partial charge >= 0.3 is 0 Å². The molecule has 1 aromatic rings. The first kappa shape index (κ1) is 23.8. The van der Waals surface area contributed by atoms with E-state index in [9.17, 15) is 13.2 Å². The molecule has 0 aliphatic carbocycles. The molecule has 0 spiro atoms. The molecular formula is C22H35N3O5S. The Morgan fingerprint density at radius 3 is 2.52 bits per heavy atom. The molecule has 2 fully saturated rings. The summed E-state index contributed by atoms with van der Waals surface area (Å²) in [7, 11) is -0.282. The summed E-state index contributed by atoms with van der Waals surface area (Å²) in [5.41, 5.74) is 0.982. The number of carbonyl (C=O) groups excluding carboxylic acids is 1. The molecule has 3 rings (SSSR count). The fraction of sp³-hybridized carbons (Fsp3) is 0.682. The summed E-state index contributed by atoms with van der Waals surface area (Å²) in [4.78, 5) is 12.7. The summed E-state index contributed by atoms with van der Waals surface area (Å²) in [5, 5.41) is 2.98. The zero-order chi connectivity index (χ0) is 22.4. The van der Waals surface area contributed by atoms with Crippen molar-refractivity contribution in [2.75, 3.05) is 46.9 Å². The van der Waals surface area contributed by atoms with E-state index in [0.29, 0.717) is 51.4 Å². The summed E-state index contributed by atoms with van der Waals surface area (Å²) < 4.78 is 39.8. The van der Waals surface area contributed by atoms with Gasteiger partial charge in [-0.05, 0) is 49.7 Å². The van der Waals surface area contributed by atoms with Gasteiger partial charge < -0.3 is 14.8 Å². The minimum atomic E-state index is -3.50. The number of nitrogens with zero attached hydrogens (tertiary/aromatic N) is 2. The first-order valence-electron chi connectivity index (χ1n) is 11.1. The van der Waals surface area contributed by atoms with Crippen LogP contribution in [0.4, 0.5) is 0 Å². The Hall–Kier alpha value is -1.84. The van der Waals surface area contributed by atoms with E-state index in [1.54, 1.807) is 18.5 Å². The van der Waals surface area contributed by atoms with Crippen molar-refractivity contribution in [2.45, 2.75) is 39.0 Å². The van der Waals surface area contributed by atoms with Crippen molar-refractivity contribution in [2.24, 2.45) is 11.8 Å². The van der Waals surface area contributed by atoms with Crippen LogP contribution in [0, 0.1) is 11.8 Å². The van der Waals surface area contributed by atoms with Crippen LogP contribution in [-0.4, -0.2) is 69.9 Å². The Morgan fingerprint density at radius 1 is 1.10 bits per heavy atom. The zero-order valence-electron chi connectivity index (χ0n) is 18.8. The summed E-state index contributed by atoms with van der Waals surface area (Å²) in [5.74, 6) is 1.61. The molecule has 174 valence electrons. The molecule has 2 aliphatic heterocycles. The second-order valence-electron chi connectivity index (χ2n) is 8.51. The highest BCUT2D eigenvalue weighted by atomic mass is 32.2. The minimum Gasteiger partial charge on any atom is -0.497 e. The number of hydrogen-bond acceptors (Lipinski definition) is 5. The summed E-state index contributed by atoms with van der Waals surface area (Å²) >= 11 is 0. The van der Waals surface area contributed by atoms with Crippen molar-refractivity contribution in [3.05, 3.63) is 23.8 Å². The van der Waals surface area contributed by atoms with Crippen LogP contribution in [0.3, 0.4) is 0 Å². The molecular weight excluding hydrogens is 418 g/mol. The minimum absolute atomic E-state index is 0.0837. The molecule has 1 amide bonds. The van der Waals surface area contributed by atoms with E-state index in [2.05, 4.69) is 12.2 Å². The maximum Gasteiger partial charge on any atom is 0.281 e. The highest BCUT2D eigenvalue weighted by molar-refractivity contribution is 7.86. The van der Waals surface area contributed by atoms with Crippen LogP contribution >= 0.6 is 0 Å². The van der Waals surface area contributed by atoms with E-state index in [-0.39, 0.29) is 18.4 Å². The maximum absolute atomic E-state index is 13.0. The molecule has 8 nitrogen and oxygen atoms in total. The Labute approximate surface area is 186 Å². The molecule has 2 heterocycles. The van der Waals surface area contributed by atoms with Gasteiger partial charge in [0, 0.05) is 38.8 Å². The van der Waals surface area contributed by atoms with Crippen molar-refractivity contribution < 1.29 is 22.7 Å². The molecule has 2 saturated heterocycles. The lowest BCUT2D eigenvalue weighted by Crippen LogP contribution is -2.52. The van der Waals surface area contributed by atoms with Gasteiger partial charge in [-0.1, -0.05) is 13.0 Å². The summed E-state index contributed by atoms with van der Waals surface area (Å²) in [6.45, 7) is 4.51. The van der Waals surface area contributed by atoms with Gasteiger partial charge in [0.1, 0.15) is 11.5 Å². The quantitative estimate of drug-likeness (QED) is 0.651. The van der Waals surface area contributed by atoms with Crippen LogP contribution in [0.1, 0.15) is 38.2 Å². The lowest BCUT2D eigenvalue weighted by Gasteiger charge is -2.37. The van der Waals surface area contributed by atoms with Gasteiger partial charge in [-0.3, -0.25) is 4.79 Å². The molecule has 31 heavy (non-hydrogen) atoms. The molecule has 1 N–H and O–H groups in total. The monoisotopic (exact) mass is 453 g/mol. The summed E-state index contributed by atoms with van der Waals surface area (Å²) in [6.07, 6.45) is 3.83. The Bertz CT molecular complexity index is 853. The number of piperidine rings is 2. The van der Waals surface area contributed by atoms with Crippen molar-refractivity contribution >= 4 is 16.1 Å². The Kier molecular flexibility index (Phi) is 8.18. The largest absolute Gasteiger partial charge is 0.497 e. The third kappa shape index (κ3) is 5.90. The highest BCUT2D eigenvalue weighted by Gasteiger charge is 2.36. The molecule has 1 aromatic carbocycles. The predicted molar refractivity (Wildman–Crippen MR) is 119 cm³/mol. The van der Waals surface area contributed by atoms with Gasteiger partial charge in [-0.15, -0.1) is 0 Å². The van der Waals surface area contributed by atoms with Crippen LogP contribution in [0.2, 0.25) is 0 Å². The van der Waals surface area contributed by atoms with Crippen LogP contribution in [0.5, 0.6) is 11.5 Å². The van der Waals surface area contributed by atoms with Crippen molar-refractivity contribution in [1.82, 2.24) is 13.9 Å². The van der Waals surface area contributed by atoms with Gasteiger partial charge in [0.25, 0.3) is 10.2 Å². The second-order valence-corrected chi connectivity index (χ2v) is 10.4. The molecule has 9 heteroatoms. The molecule has 0 unspecified atom stereocenters. The standard InChI is InChI=1S/C22H35N3O5S/c1-17-9-13-24(14-10-17)31(27,28)25-12-4-5-19(16-25)22(26)23-11-8-18-6-7-20(29-2)15-21(18)30-3/h6-7,15,17,19H,4-5,8-14,16H2,1-3H3,(H,23,26)/t19-/m0/s1. The molecule has 0 radical (unpaired) electrons. The van der Waals surface area contributed by atoms with Crippen LogP contribution in [0.15, 0.2) is 18.2 Å². The normalized spacial score (nSPS) is 21.6. The number of amides is 1. The van der Waals surface area contributed by atoms with Gasteiger partial charge in [0.05, 0.1) is 20.1 Å². The summed E-state index contributed by atoms with van der Waals surface area (Å²) in [6, 6.07) is 5.62. The molecule has 0 aromatic heterocycles. The van der Waals surface area contributed by atoms with Crippen LogP contribution in [0.25, 0.3) is 0 Å². The first-order valence-corrected chi connectivity index (χ1v) is 12.5. The smallest absolute Gasteiger partial charge is 0.281 e. The first-order chi connectivity index (χ1) is 14.8. The van der Waals surface area contributed by atoms with Gasteiger partial charge in [-0.25, -0.2) is 0 Å². The van der Waals surface area contributed by atoms with Gasteiger partial charge in [0.2, 0.25) is 5.91 Å². The number of benzene rings is 1. The SMILES string of the molecule is COc1ccc(CCNC(=O)[C@H]2CCCN(S(=O)(=O)N3CCC(C)CC3)C2)c(OC)c1. The topological polar surface area (TPSA) is 88.2 Å². The Morgan fingerprint density at radius 2 is 1.84 bits per heavy atom. The molecule has 0 saturated carbocycles. The highest BCUT2D eigenvalue weighted by Crippen LogP contribution is 2.26. The lowest BCUT2D eigenvalue weighted by atomic mass is 9.98. The number of nitrogens with one attached hydrogen (secondary N) is 1. The molecule has 1 atom stereocenters. The number of methoxy groups -OCH3 is 2. The van der Waals surface area contributed by atoms with E-state index in [1.807, 2.05) is 18.2 Å². The lowest BCUT2D eigenvalue weighted by molar-refractivity contribution is -0.126. The number of hydrogen-bond donors (Lipinski definition) is 1. The van der Waals surface area contributed by atoms with Crippen molar-refractivity contribution in [1.29, 1.82) is 0 Å². The fourth-order valence-corrected chi connectivity index (χ4v) is 6.00. The average Bonchev–Trinajstić information content (AvgIpc) is 2.79. The van der Waals surface area contributed by atoms with Crippen molar-refractivity contribution in [3.63, 3.8) is 0 Å². The predicted octanol–water partition coefficient (Wildman–Crippen LogP) is 2.05. The van der Waals surface area contributed by atoms with Crippen LogP contribution < -0.4 is 14.8 Å². The Balaban J connectivity index is 1.53. The van der Waals surface area contributed by atoms with Crippen molar-refractivity contribution in [3.8, 4) is 11.5 Å². The maximum atomic E-state index is 13.0. The third-order valence-corrected chi connectivity index (χ3v) is 8.34. The van der Waals surface area contributed by atoms with E-state index in [0.717, 1.165) is 29.9 Å². The number of rotatable bonds is 8. The molecule has 2 aliphatic rings. The number of ether oxygens (including phenoxy) is 2. The second kappa shape index (κ2) is 10.7. The van der Waals surface area contributed by atoms with Gasteiger partial charge in [0.15, 0.2) is 0 Å². The fourth-order valence-electron chi connectivity index (χ4n) is 4.27. The third-order valence-electron chi connectivity index (χ3n) is 6.34. The van der Waals surface area contributed by atoms with Crippen LogP contribution in [-0.2, 0) is 21.4 Å².